The summed E-state index contributed by atoms with van der Waals surface area (Å²) in [6.07, 6.45) is 3.21. The maximum absolute atomic E-state index is 13.9. The monoisotopic (exact) mass is 514 g/mol. The Bertz CT molecular complexity index is 1570. The number of hydrogen-bond acceptors (Lipinski definition) is 9. The maximum atomic E-state index is 13.9. The minimum absolute atomic E-state index is 0.130. The summed E-state index contributed by atoms with van der Waals surface area (Å²) >= 11 is 0. The fraction of sp³-hybridized carbons (Fsp3) is 0.346. The van der Waals surface area contributed by atoms with Crippen molar-refractivity contribution >= 4 is 28.5 Å². The number of carbonyl (C=O) groups is 1. The van der Waals surface area contributed by atoms with Gasteiger partial charge in [0.2, 0.25) is 11.8 Å². The Hall–Kier alpha value is -4.29. The van der Waals surface area contributed by atoms with Gasteiger partial charge in [0.05, 0.1) is 17.8 Å². The topological polar surface area (TPSA) is 136 Å². The van der Waals surface area contributed by atoms with E-state index in [1.165, 1.54) is 4.52 Å². The number of nitrogens with zero attached hydrogens (tertiary/aromatic N) is 8. The van der Waals surface area contributed by atoms with Crippen molar-refractivity contribution in [3.05, 3.63) is 60.5 Å². The van der Waals surface area contributed by atoms with Crippen molar-refractivity contribution in [2.45, 2.75) is 12.5 Å². The predicted molar refractivity (Wildman–Crippen MR) is 142 cm³/mol. The molecule has 0 spiro atoms. The molecule has 196 valence electrons. The molecular formula is C26H30N10O2. The van der Waals surface area contributed by atoms with Gasteiger partial charge in [-0.3, -0.25) is 9.69 Å². The summed E-state index contributed by atoms with van der Waals surface area (Å²) in [5, 5.41) is 12.9. The molecule has 1 atom stereocenters. The Labute approximate surface area is 219 Å². The van der Waals surface area contributed by atoms with Crippen LogP contribution in [-0.2, 0) is 10.3 Å². The number of likely N-dealkylation sites (N-methyl/N-ethyl adjacent to an activating group) is 1. The predicted octanol–water partition coefficient (Wildman–Crippen LogP) is 1.44. The summed E-state index contributed by atoms with van der Waals surface area (Å²) in [4.78, 5) is 27.8. The zero-order valence-corrected chi connectivity index (χ0v) is 21.4. The summed E-state index contributed by atoms with van der Waals surface area (Å²) in [6, 6.07) is 13.1. The van der Waals surface area contributed by atoms with Crippen molar-refractivity contribution in [3.63, 3.8) is 0 Å². The van der Waals surface area contributed by atoms with Crippen molar-refractivity contribution in [3.8, 4) is 11.6 Å². The van der Waals surface area contributed by atoms with E-state index in [0.29, 0.717) is 34.8 Å². The number of nitrogens with one attached hydrogen (secondary N) is 1. The lowest BCUT2D eigenvalue weighted by molar-refractivity contribution is -0.127. The first kappa shape index (κ1) is 24.1. The van der Waals surface area contributed by atoms with Crippen LogP contribution in [0.5, 0.6) is 0 Å². The highest BCUT2D eigenvalue weighted by Crippen LogP contribution is 2.31. The molecule has 0 radical (unpaired) electrons. The highest BCUT2D eigenvalue weighted by Gasteiger charge is 2.40. The van der Waals surface area contributed by atoms with Crippen LogP contribution in [0.25, 0.3) is 28.3 Å². The molecule has 12 nitrogen and oxygen atoms in total. The largest absolute Gasteiger partial charge is 0.461 e. The molecule has 5 heterocycles. The molecule has 1 fully saturated rings. The van der Waals surface area contributed by atoms with Crippen LogP contribution in [0.2, 0.25) is 0 Å². The first-order chi connectivity index (χ1) is 18.4. The first-order valence-corrected chi connectivity index (χ1v) is 12.6. The molecule has 1 amide bonds. The molecule has 0 unspecified atom stereocenters. The van der Waals surface area contributed by atoms with Crippen LogP contribution in [0, 0.1) is 0 Å². The molecular weight excluding hydrogens is 484 g/mol. The number of nitrogens with two attached hydrogens (primary N) is 1. The van der Waals surface area contributed by atoms with Gasteiger partial charge in [-0.1, -0.05) is 30.3 Å². The third kappa shape index (κ3) is 4.07. The lowest BCUT2D eigenvalue weighted by atomic mass is 9.91. The van der Waals surface area contributed by atoms with Gasteiger partial charge in [-0.15, -0.1) is 5.10 Å². The lowest BCUT2D eigenvalue weighted by Gasteiger charge is -2.33. The Morgan fingerprint density at radius 2 is 1.87 bits per heavy atom. The molecule has 6 rings (SSSR count). The Kier molecular flexibility index (Phi) is 6.04. The zero-order valence-electron chi connectivity index (χ0n) is 21.4. The van der Waals surface area contributed by atoms with E-state index in [0.717, 1.165) is 38.3 Å². The smallest absolute Gasteiger partial charge is 0.252 e. The van der Waals surface area contributed by atoms with Gasteiger partial charge in [0, 0.05) is 39.3 Å². The molecule has 38 heavy (non-hydrogen) atoms. The van der Waals surface area contributed by atoms with Gasteiger partial charge in [-0.05, 0) is 31.7 Å². The number of anilines is 1. The van der Waals surface area contributed by atoms with Crippen LogP contribution in [0.1, 0.15) is 12.5 Å². The lowest BCUT2D eigenvalue weighted by Crippen LogP contribution is -2.51. The fourth-order valence-electron chi connectivity index (χ4n) is 4.93. The Morgan fingerprint density at radius 3 is 2.61 bits per heavy atom. The third-order valence-electron chi connectivity index (χ3n) is 7.28. The second-order valence-electron chi connectivity index (χ2n) is 9.75. The van der Waals surface area contributed by atoms with Crippen LogP contribution >= 0.6 is 0 Å². The number of aromatic nitrogens is 6. The molecule has 0 bridgehead atoms. The van der Waals surface area contributed by atoms with Crippen molar-refractivity contribution in [1.82, 2.24) is 44.5 Å². The van der Waals surface area contributed by atoms with Crippen molar-refractivity contribution in [1.29, 1.82) is 0 Å². The number of hydrogen-bond donors (Lipinski definition) is 2. The summed E-state index contributed by atoms with van der Waals surface area (Å²) in [5.41, 5.74) is 6.83. The van der Waals surface area contributed by atoms with Gasteiger partial charge in [0.15, 0.2) is 22.6 Å². The van der Waals surface area contributed by atoms with Crippen LogP contribution in [0.4, 0.5) is 5.95 Å². The van der Waals surface area contributed by atoms with Gasteiger partial charge in [0.1, 0.15) is 0 Å². The Balaban J connectivity index is 1.37. The van der Waals surface area contributed by atoms with Crippen LogP contribution in [0.15, 0.2) is 59.3 Å². The van der Waals surface area contributed by atoms with E-state index < -0.39 is 5.54 Å². The summed E-state index contributed by atoms with van der Waals surface area (Å²) in [7, 11) is 2.13. The van der Waals surface area contributed by atoms with Crippen molar-refractivity contribution in [2.75, 3.05) is 52.0 Å². The first-order valence-electron chi connectivity index (χ1n) is 12.6. The van der Waals surface area contributed by atoms with Crippen LogP contribution < -0.4 is 11.1 Å². The van der Waals surface area contributed by atoms with Gasteiger partial charge >= 0.3 is 0 Å². The maximum Gasteiger partial charge on any atom is 0.252 e. The molecule has 0 aliphatic carbocycles. The van der Waals surface area contributed by atoms with E-state index in [-0.39, 0.29) is 11.9 Å². The molecule has 4 aromatic heterocycles. The summed E-state index contributed by atoms with van der Waals surface area (Å²) in [5.74, 6) is 0.852. The van der Waals surface area contributed by atoms with Gasteiger partial charge in [-0.25, -0.2) is 9.67 Å². The normalized spacial score (nSPS) is 16.7. The minimum Gasteiger partial charge on any atom is -0.461 e. The van der Waals surface area contributed by atoms with Crippen molar-refractivity contribution < 1.29 is 9.21 Å². The second-order valence-corrected chi connectivity index (χ2v) is 9.75. The van der Waals surface area contributed by atoms with E-state index in [1.807, 2.05) is 37.3 Å². The molecule has 12 heteroatoms. The SMILES string of the molecule is CN1CCN(CCNC(=O)[C@@](C)(c2ccccc2)n2ncc3c2nc(N)n2nc(-c4ccco4)nc32)CC1. The number of piperazine rings is 1. The molecule has 1 saturated heterocycles. The van der Waals surface area contributed by atoms with E-state index in [9.17, 15) is 4.79 Å². The number of nitrogen functional groups attached to an aromatic ring is 1. The molecule has 0 saturated carbocycles. The molecule has 5 aromatic rings. The Morgan fingerprint density at radius 1 is 1.08 bits per heavy atom. The fourth-order valence-corrected chi connectivity index (χ4v) is 4.93. The van der Waals surface area contributed by atoms with E-state index >= 15 is 0 Å². The van der Waals surface area contributed by atoms with E-state index in [2.05, 4.69) is 42.3 Å². The highest BCUT2D eigenvalue weighted by atomic mass is 16.3. The van der Waals surface area contributed by atoms with Crippen molar-refractivity contribution in [2.24, 2.45) is 0 Å². The summed E-state index contributed by atoms with van der Waals surface area (Å²) in [6.45, 7) is 7.20. The molecule has 1 aromatic carbocycles. The highest BCUT2D eigenvalue weighted by molar-refractivity contribution is 5.94. The number of carbonyl (C=O) groups excluding carboxylic acids is 1. The zero-order chi connectivity index (χ0) is 26.3. The quantitative estimate of drug-likeness (QED) is 0.331. The number of amides is 1. The molecule has 3 N–H and O–H groups in total. The van der Waals surface area contributed by atoms with Crippen LogP contribution in [0.3, 0.4) is 0 Å². The van der Waals surface area contributed by atoms with Gasteiger partial charge in [0.25, 0.3) is 5.91 Å². The third-order valence-corrected chi connectivity index (χ3v) is 7.28. The summed E-state index contributed by atoms with van der Waals surface area (Å²) < 4.78 is 8.54. The average Bonchev–Trinajstić information content (AvgIpc) is 3.69. The minimum atomic E-state index is -1.19. The number of benzene rings is 1. The number of furan rings is 1. The number of fused-ring (bicyclic) bond motifs is 3. The molecule has 1 aliphatic heterocycles. The standard InChI is InChI=1S/C26H30N10O2/c1-26(18-7-4-3-5-8-18,24(37)28-10-11-34-14-12-33(2)13-15-34)36-23-19(17-29-36)22-30-21(20-9-6-16-38-20)32-35(22)25(27)31-23/h3-9,16-17H,10-15H2,1-2H3,(H2,27,31)(H,28,37)/t26-/m1/s1. The van der Waals surface area contributed by atoms with E-state index in [4.69, 9.17) is 10.2 Å². The second kappa shape index (κ2) is 9.54. The van der Waals surface area contributed by atoms with Crippen LogP contribution in [-0.4, -0.2) is 91.4 Å². The van der Waals surface area contributed by atoms with Gasteiger partial charge in [-0.2, -0.15) is 14.6 Å². The average molecular weight is 515 g/mol. The molecule has 1 aliphatic rings. The van der Waals surface area contributed by atoms with E-state index in [1.54, 1.807) is 29.3 Å². The van der Waals surface area contributed by atoms with Gasteiger partial charge < -0.3 is 20.4 Å². The number of rotatable bonds is 7.